The molecule has 4 rings (SSSR count). The van der Waals surface area contributed by atoms with Crippen molar-refractivity contribution in [2.45, 2.75) is 104 Å². The number of anilines is 1. The lowest BCUT2D eigenvalue weighted by Crippen LogP contribution is -2.63. The maximum Gasteiger partial charge on any atom is 0.249 e. The summed E-state index contributed by atoms with van der Waals surface area (Å²) >= 11 is 0. The normalized spacial score (nSPS) is 29.9. The number of nitrogens with zero attached hydrogens (tertiary/aromatic N) is 3. The zero-order valence-electron chi connectivity index (χ0n) is 28.9. The number of fused-ring (bicyclic) bond motifs is 1. The molecule has 0 radical (unpaired) electrons. The van der Waals surface area contributed by atoms with Gasteiger partial charge in [0.25, 0.3) is 0 Å². The fourth-order valence-corrected chi connectivity index (χ4v) is 8.84. The van der Waals surface area contributed by atoms with Crippen molar-refractivity contribution in [2.75, 3.05) is 24.6 Å². The average Bonchev–Trinajstić information content (AvgIpc) is 3.45. The van der Waals surface area contributed by atoms with Crippen LogP contribution in [0, 0.1) is 29.1 Å². The second kappa shape index (κ2) is 12.3. The Morgan fingerprint density at radius 2 is 1.69 bits per heavy atom. The average molecular weight is 622 g/mol. The van der Waals surface area contributed by atoms with Gasteiger partial charge >= 0.3 is 0 Å². The summed E-state index contributed by atoms with van der Waals surface area (Å²) in [6, 6.07) is 7.77. The molecule has 0 saturated carbocycles. The molecule has 8 heteroatoms. The van der Waals surface area contributed by atoms with Crippen LogP contribution in [0.4, 0.5) is 5.69 Å². The number of rotatable bonds is 12. The van der Waals surface area contributed by atoms with Crippen molar-refractivity contribution >= 4 is 23.4 Å². The van der Waals surface area contributed by atoms with Gasteiger partial charge in [-0.25, -0.2) is 0 Å². The fraction of sp³-hybridized carbons (Fsp3) is 0.649. The number of carbonyl (C=O) groups is 3. The van der Waals surface area contributed by atoms with E-state index in [1.54, 1.807) is 22.0 Å². The van der Waals surface area contributed by atoms with Gasteiger partial charge in [0.2, 0.25) is 17.7 Å². The first-order valence-electron chi connectivity index (χ1n) is 16.4. The molecule has 2 bridgehead atoms. The maximum atomic E-state index is 15.2. The number of aliphatic hydroxyl groups excluding tert-OH is 1. The lowest BCUT2D eigenvalue weighted by atomic mass is 9.62. The Bertz CT molecular complexity index is 1300. The first kappa shape index (κ1) is 34.9. The van der Waals surface area contributed by atoms with Crippen LogP contribution < -0.4 is 4.90 Å². The van der Waals surface area contributed by atoms with E-state index in [-0.39, 0.29) is 48.1 Å². The Hall–Kier alpha value is -2.97. The van der Waals surface area contributed by atoms with Crippen LogP contribution in [-0.2, 0) is 19.1 Å². The molecule has 3 amide bonds. The molecule has 3 fully saturated rings. The van der Waals surface area contributed by atoms with Crippen LogP contribution in [0.1, 0.15) is 75.2 Å². The standard InChI is InChI=1S/C37H55N3O5/c1-12-19-38(26-17-15-14-16-18-26)31(42)28-29-32(43)40(27(22-41)24(3)4)30(37(29)21-25(5)36(28,11)45-37)33(44)39(20-13-2)35(9,10)23-34(6,7)8/h12-18,24-25,27-30,41H,1-2,19-23H2,3-11H3/t25?,27-,28+,29-,30?,36-,37?/m0/s1. The molecule has 1 spiro atoms. The van der Waals surface area contributed by atoms with Crippen LogP contribution in [0.3, 0.4) is 0 Å². The summed E-state index contributed by atoms with van der Waals surface area (Å²) in [5, 5.41) is 10.7. The third-order valence-electron chi connectivity index (χ3n) is 10.5. The number of hydrogen-bond acceptors (Lipinski definition) is 5. The van der Waals surface area contributed by atoms with E-state index in [4.69, 9.17) is 4.74 Å². The zero-order chi connectivity index (χ0) is 33.7. The number of benzene rings is 1. The van der Waals surface area contributed by atoms with E-state index < -0.39 is 40.7 Å². The van der Waals surface area contributed by atoms with E-state index >= 15 is 4.79 Å². The second-order valence-electron chi connectivity index (χ2n) is 15.8. The van der Waals surface area contributed by atoms with Crippen LogP contribution in [0.5, 0.6) is 0 Å². The number of carbonyl (C=O) groups excluding carboxylic acids is 3. The number of likely N-dealkylation sites (tertiary alicyclic amines) is 1. The molecule has 8 nitrogen and oxygen atoms in total. The van der Waals surface area contributed by atoms with Crippen molar-refractivity contribution in [3.05, 3.63) is 55.6 Å². The Morgan fingerprint density at radius 1 is 1.09 bits per heavy atom. The minimum Gasteiger partial charge on any atom is -0.394 e. The molecular weight excluding hydrogens is 566 g/mol. The van der Waals surface area contributed by atoms with E-state index in [1.165, 1.54) is 0 Å². The van der Waals surface area contributed by atoms with Crippen LogP contribution in [0.2, 0.25) is 0 Å². The van der Waals surface area contributed by atoms with Crippen LogP contribution in [-0.4, -0.2) is 81.1 Å². The molecule has 7 atom stereocenters. The molecule has 3 aliphatic heterocycles. The monoisotopic (exact) mass is 621 g/mol. The van der Waals surface area contributed by atoms with Crippen molar-refractivity contribution in [1.29, 1.82) is 0 Å². The first-order valence-corrected chi connectivity index (χ1v) is 16.4. The lowest BCUT2D eigenvalue weighted by molar-refractivity contribution is -0.160. The van der Waals surface area contributed by atoms with Gasteiger partial charge in [-0.15, -0.1) is 13.2 Å². The number of para-hydroxylation sites is 1. The molecular formula is C37H55N3O5. The summed E-state index contributed by atoms with van der Waals surface area (Å²) in [6.45, 7) is 26.5. The third-order valence-corrected chi connectivity index (χ3v) is 10.5. The number of amides is 3. The summed E-state index contributed by atoms with van der Waals surface area (Å²) in [6.07, 6.45) is 4.58. The van der Waals surface area contributed by atoms with Crippen molar-refractivity contribution in [3.8, 4) is 0 Å². The Morgan fingerprint density at radius 3 is 2.20 bits per heavy atom. The molecule has 1 aromatic carbocycles. The predicted molar refractivity (Wildman–Crippen MR) is 178 cm³/mol. The van der Waals surface area contributed by atoms with Gasteiger partial charge in [-0.05, 0) is 63.0 Å². The number of hydrogen-bond donors (Lipinski definition) is 1. The quantitative estimate of drug-likeness (QED) is 0.313. The summed E-state index contributed by atoms with van der Waals surface area (Å²) in [4.78, 5) is 49.9. The van der Waals surface area contributed by atoms with E-state index in [1.807, 2.05) is 56.0 Å². The smallest absolute Gasteiger partial charge is 0.249 e. The largest absolute Gasteiger partial charge is 0.394 e. The number of aliphatic hydroxyl groups is 1. The topological polar surface area (TPSA) is 90.4 Å². The fourth-order valence-electron chi connectivity index (χ4n) is 8.84. The molecule has 3 heterocycles. The van der Waals surface area contributed by atoms with Gasteiger partial charge in [0.05, 0.1) is 30.1 Å². The summed E-state index contributed by atoms with van der Waals surface area (Å²) in [5.74, 6) is -2.68. The molecule has 0 aliphatic carbocycles. The highest BCUT2D eigenvalue weighted by Gasteiger charge is 2.81. The first-order chi connectivity index (χ1) is 20.9. The van der Waals surface area contributed by atoms with Crippen LogP contribution in [0.15, 0.2) is 55.6 Å². The molecule has 3 aliphatic rings. The highest BCUT2D eigenvalue weighted by molar-refractivity contribution is 6.03. The predicted octanol–water partition coefficient (Wildman–Crippen LogP) is 5.46. The highest BCUT2D eigenvalue weighted by atomic mass is 16.5. The highest BCUT2D eigenvalue weighted by Crippen LogP contribution is 2.66. The molecule has 45 heavy (non-hydrogen) atoms. The van der Waals surface area contributed by atoms with Crippen LogP contribution in [0.25, 0.3) is 0 Å². The van der Waals surface area contributed by atoms with E-state index in [0.29, 0.717) is 25.1 Å². The maximum absolute atomic E-state index is 15.2. The Labute approximate surface area is 270 Å². The molecule has 1 N–H and O–H groups in total. The van der Waals surface area contributed by atoms with Gasteiger partial charge < -0.3 is 24.5 Å². The SMILES string of the molecule is C=CCN(C(=O)[C@H]1[C@H]2C(=O)N([C@@H](CO)C(C)C)C(C(=O)N(CC=C)C(C)(C)CC(C)(C)C)C23CC(C)[C@]1(C)O3)c1ccccc1. The minimum atomic E-state index is -1.22. The van der Waals surface area contributed by atoms with Gasteiger partial charge in [-0.2, -0.15) is 0 Å². The zero-order valence-corrected chi connectivity index (χ0v) is 28.9. The van der Waals surface area contributed by atoms with Crippen molar-refractivity contribution < 1.29 is 24.2 Å². The molecule has 1 aromatic rings. The minimum absolute atomic E-state index is 0.0748. The molecule has 248 valence electrons. The Kier molecular flexibility index (Phi) is 9.56. The van der Waals surface area contributed by atoms with Gasteiger partial charge in [0.1, 0.15) is 11.6 Å². The van der Waals surface area contributed by atoms with Gasteiger partial charge in [0, 0.05) is 24.3 Å². The van der Waals surface area contributed by atoms with Crippen molar-refractivity contribution in [1.82, 2.24) is 9.80 Å². The van der Waals surface area contributed by atoms with Crippen molar-refractivity contribution in [2.24, 2.45) is 29.1 Å². The summed E-state index contributed by atoms with van der Waals surface area (Å²) in [7, 11) is 0. The van der Waals surface area contributed by atoms with E-state index in [2.05, 4.69) is 54.7 Å². The Balaban J connectivity index is 1.91. The summed E-state index contributed by atoms with van der Waals surface area (Å²) < 4.78 is 7.04. The van der Waals surface area contributed by atoms with Crippen LogP contribution >= 0.6 is 0 Å². The van der Waals surface area contributed by atoms with E-state index in [0.717, 1.165) is 0 Å². The van der Waals surface area contributed by atoms with Gasteiger partial charge in [-0.3, -0.25) is 14.4 Å². The molecule has 0 aromatic heterocycles. The van der Waals surface area contributed by atoms with Gasteiger partial charge in [0.15, 0.2) is 0 Å². The van der Waals surface area contributed by atoms with E-state index in [9.17, 15) is 14.7 Å². The molecule has 3 saturated heterocycles. The summed E-state index contributed by atoms with van der Waals surface area (Å²) in [5.41, 5.74) is -2.13. The van der Waals surface area contributed by atoms with Crippen molar-refractivity contribution in [3.63, 3.8) is 0 Å². The third kappa shape index (κ3) is 5.78. The van der Waals surface area contributed by atoms with Gasteiger partial charge in [-0.1, -0.05) is 71.9 Å². The number of ether oxygens (including phenoxy) is 1. The molecule has 3 unspecified atom stereocenters. The lowest BCUT2D eigenvalue weighted by Gasteiger charge is -2.47. The second-order valence-corrected chi connectivity index (χ2v) is 15.8.